The lowest BCUT2D eigenvalue weighted by Gasteiger charge is -2.17. The summed E-state index contributed by atoms with van der Waals surface area (Å²) in [7, 11) is 0. The van der Waals surface area contributed by atoms with E-state index < -0.39 is 0 Å². The number of ether oxygens (including phenoxy) is 1. The van der Waals surface area contributed by atoms with Gasteiger partial charge < -0.3 is 10.5 Å². The number of rotatable bonds is 2. The number of halogens is 1. The Bertz CT molecular complexity index is 591. The molecule has 3 rings (SSSR count). The lowest BCUT2D eigenvalue weighted by molar-refractivity contribution is 0.303. The van der Waals surface area contributed by atoms with Crippen molar-refractivity contribution < 1.29 is 4.74 Å². The van der Waals surface area contributed by atoms with Gasteiger partial charge in [0, 0.05) is 31.9 Å². The molecule has 0 saturated carbocycles. The van der Waals surface area contributed by atoms with Gasteiger partial charge in [-0.2, -0.15) is 0 Å². The molecule has 0 spiro atoms. The Morgan fingerprint density at radius 3 is 3.06 bits per heavy atom. The maximum atomic E-state index is 6.06. The van der Waals surface area contributed by atoms with Gasteiger partial charge in [-0.25, -0.2) is 0 Å². The van der Waals surface area contributed by atoms with Gasteiger partial charge >= 0.3 is 0 Å². The monoisotopic (exact) mass is 279 g/mol. The lowest BCUT2D eigenvalue weighted by atomic mass is 10.1. The molecular weight excluding hydrogens is 266 g/mol. The van der Waals surface area contributed by atoms with E-state index in [1.54, 1.807) is 11.3 Å². The third kappa shape index (κ3) is 2.14. The molecule has 0 aliphatic carbocycles. The molecule has 1 aromatic heterocycles. The molecule has 0 fully saturated rings. The van der Waals surface area contributed by atoms with E-state index in [1.165, 1.54) is 15.3 Å². The minimum absolute atomic E-state index is 0.185. The highest BCUT2D eigenvalue weighted by Crippen LogP contribution is 2.43. The normalized spacial score (nSPS) is 14.6. The van der Waals surface area contributed by atoms with Crippen molar-refractivity contribution in [2.75, 3.05) is 0 Å². The van der Waals surface area contributed by atoms with Crippen LogP contribution in [-0.4, -0.2) is 6.04 Å². The second-order valence-corrected chi connectivity index (χ2v) is 6.25. The Labute approximate surface area is 115 Å². The molecule has 1 aliphatic heterocycles. The SMILES string of the molecule is CC(N)Cc1cc2c(s1)-c1cc(Cl)ccc1OC2. The topological polar surface area (TPSA) is 35.2 Å². The largest absolute Gasteiger partial charge is 0.488 e. The molecular formula is C14H14ClNOS. The first-order chi connectivity index (χ1) is 8.63. The van der Waals surface area contributed by atoms with Crippen LogP contribution in [0.2, 0.25) is 5.02 Å². The molecule has 1 atom stereocenters. The third-order valence-electron chi connectivity index (χ3n) is 2.95. The molecule has 18 heavy (non-hydrogen) atoms. The lowest BCUT2D eigenvalue weighted by Crippen LogP contribution is -2.16. The maximum absolute atomic E-state index is 6.06. The van der Waals surface area contributed by atoms with E-state index in [1.807, 2.05) is 25.1 Å². The second-order valence-electron chi connectivity index (χ2n) is 4.68. The van der Waals surface area contributed by atoms with Gasteiger partial charge in [-0.3, -0.25) is 0 Å². The van der Waals surface area contributed by atoms with Gasteiger partial charge in [-0.05, 0) is 37.6 Å². The number of fused-ring (bicyclic) bond motifs is 3. The highest BCUT2D eigenvalue weighted by atomic mass is 35.5. The van der Waals surface area contributed by atoms with Gasteiger partial charge in [0.15, 0.2) is 0 Å². The van der Waals surface area contributed by atoms with Crippen molar-refractivity contribution in [1.29, 1.82) is 0 Å². The zero-order chi connectivity index (χ0) is 12.7. The first-order valence-corrected chi connectivity index (χ1v) is 7.13. The number of thiophene rings is 1. The van der Waals surface area contributed by atoms with Crippen molar-refractivity contribution in [3.8, 4) is 16.2 Å². The number of hydrogen-bond acceptors (Lipinski definition) is 3. The average molecular weight is 280 g/mol. The van der Waals surface area contributed by atoms with Crippen LogP contribution in [0.25, 0.3) is 10.4 Å². The Kier molecular flexibility index (Phi) is 3.06. The van der Waals surface area contributed by atoms with Gasteiger partial charge in [0.2, 0.25) is 0 Å². The highest BCUT2D eigenvalue weighted by molar-refractivity contribution is 7.15. The summed E-state index contributed by atoms with van der Waals surface area (Å²) in [6.45, 7) is 2.67. The highest BCUT2D eigenvalue weighted by Gasteiger charge is 2.20. The van der Waals surface area contributed by atoms with Crippen molar-refractivity contribution in [3.05, 3.63) is 39.7 Å². The quantitative estimate of drug-likeness (QED) is 0.906. The van der Waals surface area contributed by atoms with Gasteiger partial charge in [0.05, 0.1) is 0 Å². The summed E-state index contributed by atoms with van der Waals surface area (Å²) in [4.78, 5) is 2.58. The van der Waals surface area contributed by atoms with Crippen LogP contribution < -0.4 is 10.5 Å². The van der Waals surface area contributed by atoms with Crippen molar-refractivity contribution >= 4 is 22.9 Å². The molecule has 1 unspecified atom stereocenters. The summed E-state index contributed by atoms with van der Waals surface area (Å²) < 4.78 is 5.74. The van der Waals surface area contributed by atoms with Crippen molar-refractivity contribution in [2.45, 2.75) is 26.0 Å². The standard InChI is InChI=1S/C14H14ClNOS/c1-8(16)4-11-5-9-7-17-13-3-2-10(15)6-12(13)14(9)18-11/h2-3,5-6,8H,4,7,16H2,1H3. The Hall–Kier alpha value is -1.03. The van der Waals surface area contributed by atoms with Crippen molar-refractivity contribution in [1.82, 2.24) is 0 Å². The first-order valence-electron chi connectivity index (χ1n) is 5.93. The molecule has 2 aromatic rings. The fourth-order valence-electron chi connectivity index (χ4n) is 2.20. The molecule has 0 radical (unpaired) electrons. The van der Waals surface area contributed by atoms with E-state index in [-0.39, 0.29) is 6.04 Å². The van der Waals surface area contributed by atoms with E-state index in [4.69, 9.17) is 22.1 Å². The van der Waals surface area contributed by atoms with Gasteiger partial charge in [0.1, 0.15) is 12.4 Å². The molecule has 0 amide bonds. The zero-order valence-corrected chi connectivity index (χ0v) is 11.6. The second kappa shape index (κ2) is 4.57. The zero-order valence-electron chi connectivity index (χ0n) is 10.1. The molecule has 94 valence electrons. The van der Waals surface area contributed by atoms with Gasteiger partial charge in [0.25, 0.3) is 0 Å². The minimum Gasteiger partial charge on any atom is -0.488 e. The Morgan fingerprint density at radius 1 is 1.44 bits per heavy atom. The summed E-state index contributed by atoms with van der Waals surface area (Å²) in [5.41, 5.74) is 8.20. The van der Waals surface area contributed by atoms with E-state index in [2.05, 4.69) is 6.07 Å². The van der Waals surface area contributed by atoms with Crippen LogP contribution in [-0.2, 0) is 13.0 Å². The summed E-state index contributed by atoms with van der Waals surface area (Å²) >= 11 is 7.86. The molecule has 1 aliphatic rings. The van der Waals surface area contributed by atoms with E-state index in [0.29, 0.717) is 6.61 Å². The van der Waals surface area contributed by atoms with Crippen LogP contribution in [0.15, 0.2) is 24.3 Å². The Balaban J connectivity index is 2.06. The average Bonchev–Trinajstić information content (AvgIpc) is 2.70. The van der Waals surface area contributed by atoms with Crippen LogP contribution in [0.3, 0.4) is 0 Å². The number of benzene rings is 1. The van der Waals surface area contributed by atoms with Gasteiger partial charge in [-0.15, -0.1) is 11.3 Å². The molecule has 2 nitrogen and oxygen atoms in total. The van der Waals surface area contributed by atoms with E-state index >= 15 is 0 Å². The smallest absolute Gasteiger partial charge is 0.128 e. The maximum Gasteiger partial charge on any atom is 0.128 e. The van der Waals surface area contributed by atoms with Crippen LogP contribution >= 0.6 is 22.9 Å². The van der Waals surface area contributed by atoms with Gasteiger partial charge in [-0.1, -0.05) is 11.6 Å². The summed E-state index contributed by atoms with van der Waals surface area (Å²) in [5, 5.41) is 0.743. The van der Waals surface area contributed by atoms with E-state index in [0.717, 1.165) is 22.8 Å². The predicted octanol–water partition coefficient (Wildman–Crippen LogP) is 3.85. The fraction of sp³-hybridized carbons (Fsp3) is 0.286. The predicted molar refractivity (Wildman–Crippen MR) is 76.5 cm³/mol. The first kappa shape index (κ1) is 12.0. The van der Waals surface area contributed by atoms with Crippen molar-refractivity contribution in [3.63, 3.8) is 0 Å². The third-order valence-corrected chi connectivity index (χ3v) is 4.42. The van der Waals surface area contributed by atoms with Crippen molar-refractivity contribution in [2.24, 2.45) is 5.73 Å². The Morgan fingerprint density at radius 2 is 2.28 bits per heavy atom. The summed E-state index contributed by atoms with van der Waals surface area (Å²) in [5.74, 6) is 0.918. The van der Waals surface area contributed by atoms with Crippen LogP contribution in [0, 0.1) is 0 Å². The molecule has 4 heteroatoms. The summed E-state index contributed by atoms with van der Waals surface area (Å²) in [6.07, 6.45) is 0.910. The molecule has 0 bridgehead atoms. The molecule has 0 saturated heterocycles. The van der Waals surface area contributed by atoms with Crippen LogP contribution in [0.4, 0.5) is 0 Å². The van der Waals surface area contributed by atoms with E-state index in [9.17, 15) is 0 Å². The minimum atomic E-state index is 0.185. The number of nitrogens with two attached hydrogens (primary N) is 1. The van der Waals surface area contributed by atoms with Crippen LogP contribution in [0.5, 0.6) is 5.75 Å². The molecule has 2 N–H and O–H groups in total. The number of hydrogen-bond donors (Lipinski definition) is 1. The molecule has 2 heterocycles. The summed E-state index contributed by atoms with van der Waals surface area (Å²) in [6, 6.07) is 8.16. The van der Waals surface area contributed by atoms with Crippen LogP contribution in [0.1, 0.15) is 17.4 Å². The molecule has 1 aromatic carbocycles. The fourth-order valence-corrected chi connectivity index (χ4v) is 3.70.